The minimum atomic E-state index is -1.44. The molecular weight excluding hydrogens is 302 g/mol. The summed E-state index contributed by atoms with van der Waals surface area (Å²) < 4.78 is 5.33. The van der Waals surface area contributed by atoms with E-state index >= 15 is 0 Å². The van der Waals surface area contributed by atoms with Crippen molar-refractivity contribution in [3.05, 3.63) is 34.4 Å². The third kappa shape index (κ3) is 3.51. The van der Waals surface area contributed by atoms with E-state index in [9.17, 15) is 25.4 Å². The first-order valence-corrected chi connectivity index (χ1v) is 7.03. The smallest absolute Gasteiger partial charge is 0.269 e. The van der Waals surface area contributed by atoms with E-state index in [1.165, 1.54) is 24.3 Å². The molecule has 0 spiro atoms. The van der Waals surface area contributed by atoms with Crippen molar-refractivity contribution < 1.29 is 30.1 Å². The zero-order valence-corrected chi connectivity index (χ0v) is 11.6. The van der Waals surface area contributed by atoms with Gasteiger partial charge in [-0.1, -0.05) is 11.8 Å². The SMILES string of the molecule is O=[N+]([O-])c1ccc(S[C@@H]2O[C@H](CO)[C@@H](O)[C@H](O)[C@@H]2O)cc1. The fourth-order valence-electron chi connectivity index (χ4n) is 1.95. The van der Waals surface area contributed by atoms with Gasteiger partial charge in [-0.15, -0.1) is 0 Å². The third-order valence-corrected chi connectivity index (χ3v) is 4.31. The predicted octanol–water partition coefficient (Wildman–Crippen LogP) is -0.513. The van der Waals surface area contributed by atoms with Crippen molar-refractivity contribution in [1.82, 2.24) is 0 Å². The number of aliphatic hydroxyl groups is 4. The van der Waals surface area contributed by atoms with Crippen molar-refractivity contribution in [1.29, 1.82) is 0 Å². The number of nitro groups is 1. The highest BCUT2D eigenvalue weighted by Gasteiger charge is 2.43. The van der Waals surface area contributed by atoms with Gasteiger partial charge in [0.15, 0.2) is 0 Å². The number of thioether (sulfide) groups is 1. The van der Waals surface area contributed by atoms with Gasteiger partial charge in [-0.2, -0.15) is 0 Å². The Morgan fingerprint density at radius 2 is 1.76 bits per heavy atom. The number of nitrogens with zero attached hydrogens (tertiary/aromatic N) is 1. The number of rotatable bonds is 4. The number of nitro benzene ring substituents is 1. The van der Waals surface area contributed by atoms with E-state index in [-0.39, 0.29) is 5.69 Å². The molecule has 1 heterocycles. The Hall–Kier alpha value is -1.23. The molecule has 21 heavy (non-hydrogen) atoms. The number of hydrogen-bond donors (Lipinski definition) is 4. The van der Waals surface area contributed by atoms with Crippen LogP contribution in [0.4, 0.5) is 5.69 Å². The first-order chi connectivity index (χ1) is 9.93. The molecule has 0 unspecified atom stereocenters. The van der Waals surface area contributed by atoms with E-state index < -0.39 is 41.4 Å². The van der Waals surface area contributed by atoms with Crippen LogP contribution in [-0.4, -0.2) is 61.8 Å². The number of hydrogen-bond acceptors (Lipinski definition) is 8. The van der Waals surface area contributed by atoms with E-state index in [4.69, 9.17) is 9.84 Å². The molecule has 5 atom stereocenters. The molecule has 116 valence electrons. The van der Waals surface area contributed by atoms with Gasteiger partial charge in [0.1, 0.15) is 29.9 Å². The summed E-state index contributed by atoms with van der Waals surface area (Å²) in [4.78, 5) is 10.6. The molecule has 1 fully saturated rings. The summed E-state index contributed by atoms with van der Waals surface area (Å²) in [5.74, 6) is 0. The van der Waals surface area contributed by atoms with E-state index in [0.717, 1.165) is 11.8 Å². The molecule has 1 saturated heterocycles. The van der Waals surface area contributed by atoms with Gasteiger partial charge in [-0.3, -0.25) is 10.1 Å². The van der Waals surface area contributed by atoms with Crippen molar-refractivity contribution in [3.63, 3.8) is 0 Å². The molecule has 0 amide bonds. The molecule has 8 nitrogen and oxygen atoms in total. The van der Waals surface area contributed by atoms with Crippen LogP contribution in [0, 0.1) is 10.1 Å². The summed E-state index contributed by atoms with van der Waals surface area (Å²) in [5.41, 5.74) is -0.963. The van der Waals surface area contributed by atoms with Gasteiger partial charge in [0.2, 0.25) is 0 Å². The van der Waals surface area contributed by atoms with Gasteiger partial charge >= 0.3 is 0 Å². The zero-order valence-electron chi connectivity index (χ0n) is 10.8. The maximum Gasteiger partial charge on any atom is 0.269 e. The normalized spacial score (nSPS) is 32.9. The number of benzene rings is 1. The summed E-state index contributed by atoms with van der Waals surface area (Å²) in [6.45, 7) is -0.498. The van der Waals surface area contributed by atoms with Crippen LogP contribution in [0.3, 0.4) is 0 Å². The standard InChI is InChI=1S/C12H15NO7S/c14-5-8-9(15)10(16)11(17)12(20-8)21-7-3-1-6(2-4-7)13(18)19/h1-4,8-12,14-17H,5H2/t8-,9-,10+,11+,12+/m1/s1. The van der Waals surface area contributed by atoms with Crippen molar-refractivity contribution in [3.8, 4) is 0 Å². The van der Waals surface area contributed by atoms with Crippen molar-refractivity contribution in [2.24, 2.45) is 0 Å². The lowest BCUT2D eigenvalue weighted by Gasteiger charge is -2.39. The molecular formula is C12H15NO7S. The first-order valence-electron chi connectivity index (χ1n) is 6.15. The van der Waals surface area contributed by atoms with Crippen LogP contribution in [0.2, 0.25) is 0 Å². The van der Waals surface area contributed by atoms with Crippen LogP contribution in [0.25, 0.3) is 0 Å². The number of aliphatic hydroxyl groups excluding tert-OH is 4. The van der Waals surface area contributed by atoms with Gasteiger partial charge in [-0.05, 0) is 12.1 Å². The maximum absolute atomic E-state index is 10.6. The van der Waals surface area contributed by atoms with Crippen molar-refractivity contribution in [2.45, 2.75) is 34.7 Å². The fourth-order valence-corrected chi connectivity index (χ4v) is 3.01. The summed E-state index contributed by atoms with van der Waals surface area (Å²) in [7, 11) is 0. The topological polar surface area (TPSA) is 133 Å². The second-order valence-electron chi connectivity index (χ2n) is 4.57. The number of ether oxygens (including phenoxy) is 1. The molecule has 0 radical (unpaired) electrons. The predicted molar refractivity (Wildman–Crippen MR) is 72.7 cm³/mol. The Balaban J connectivity index is 2.08. The van der Waals surface area contributed by atoms with E-state index in [1.807, 2.05) is 0 Å². The van der Waals surface area contributed by atoms with Crippen LogP contribution >= 0.6 is 11.8 Å². The summed E-state index contributed by atoms with van der Waals surface area (Å²) in [6.07, 6.45) is -5.16. The minimum absolute atomic E-state index is 0.0619. The molecule has 1 aliphatic heterocycles. The van der Waals surface area contributed by atoms with Gasteiger partial charge in [0, 0.05) is 17.0 Å². The van der Waals surface area contributed by atoms with Crippen LogP contribution < -0.4 is 0 Å². The third-order valence-electron chi connectivity index (χ3n) is 3.15. The minimum Gasteiger partial charge on any atom is -0.394 e. The lowest BCUT2D eigenvalue weighted by molar-refractivity contribution is -0.384. The van der Waals surface area contributed by atoms with Crippen LogP contribution in [0.5, 0.6) is 0 Å². The molecule has 1 aliphatic rings. The van der Waals surface area contributed by atoms with Crippen LogP contribution in [0.15, 0.2) is 29.2 Å². The number of non-ortho nitro benzene ring substituents is 1. The Morgan fingerprint density at radius 1 is 1.14 bits per heavy atom. The molecule has 1 aromatic rings. The molecule has 4 N–H and O–H groups in total. The molecule has 9 heteroatoms. The highest BCUT2D eigenvalue weighted by atomic mass is 32.2. The van der Waals surface area contributed by atoms with E-state index in [1.54, 1.807) is 0 Å². The summed E-state index contributed by atoms with van der Waals surface area (Å²) >= 11 is 1.04. The Bertz CT molecular complexity index is 495. The van der Waals surface area contributed by atoms with Gasteiger partial charge < -0.3 is 25.2 Å². The van der Waals surface area contributed by atoms with Crippen LogP contribution in [0.1, 0.15) is 0 Å². The molecule has 1 aromatic carbocycles. The second-order valence-corrected chi connectivity index (χ2v) is 5.74. The van der Waals surface area contributed by atoms with Gasteiger partial charge in [-0.25, -0.2) is 0 Å². The lowest BCUT2D eigenvalue weighted by atomic mass is 10.0. The molecule has 0 aliphatic carbocycles. The Morgan fingerprint density at radius 3 is 2.29 bits per heavy atom. The molecule has 0 aromatic heterocycles. The Kier molecular flexibility index (Phi) is 5.14. The average molecular weight is 317 g/mol. The van der Waals surface area contributed by atoms with E-state index in [2.05, 4.69) is 0 Å². The maximum atomic E-state index is 10.6. The monoisotopic (exact) mass is 317 g/mol. The van der Waals surface area contributed by atoms with E-state index in [0.29, 0.717) is 4.90 Å². The second kappa shape index (κ2) is 6.69. The Labute approximate surface area is 124 Å². The van der Waals surface area contributed by atoms with Crippen LogP contribution in [-0.2, 0) is 4.74 Å². The van der Waals surface area contributed by atoms with Gasteiger partial charge in [0.25, 0.3) is 5.69 Å². The summed E-state index contributed by atoms with van der Waals surface area (Å²) in [6, 6.07) is 5.60. The van der Waals surface area contributed by atoms with Crippen molar-refractivity contribution in [2.75, 3.05) is 6.61 Å². The van der Waals surface area contributed by atoms with Gasteiger partial charge in [0.05, 0.1) is 11.5 Å². The quantitative estimate of drug-likeness (QED) is 0.431. The lowest BCUT2D eigenvalue weighted by Crippen LogP contribution is -2.57. The average Bonchev–Trinajstić information content (AvgIpc) is 2.48. The fraction of sp³-hybridized carbons (Fsp3) is 0.500. The van der Waals surface area contributed by atoms with Crippen molar-refractivity contribution >= 4 is 17.4 Å². The highest BCUT2D eigenvalue weighted by Crippen LogP contribution is 2.33. The summed E-state index contributed by atoms with van der Waals surface area (Å²) in [5, 5.41) is 48.9. The molecule has 0 bridgehead atoms. The molecule has 2 rings (SSSR count). The largest absolute Gasteiger partial charge is 0.394 e. The first kappa shape index (κ1) is 16.1. The zero-order chi connectivity index (χ0) is 15.6. The molecule has 0 saturated carbocycles. The highest BCUT2D eigenvalue weighted by molar-refractivity contribution is 7.99.